The van der Waals surface area contributed by atoms with Gasteiger partial charge in [0.1, 0.15) is 11.6 Å². The molecular weight excluding hydrogens is 272 g/mol. The van der Waals surface area contributed by atoms with Crippen molar-refractivity contribution in [3.05, 3.63) is 47.3 Å². The average molecular weight is 283 g/mol. The van der Waals surface area contributed by atoms with Gasteiger partial charge in [0.25, 0.3) is 0 Å². The van der Waals surface area contributed by atoms with E-state index in [9.17, 15) is 8.78 Å². The molecule has 1 aromatic heterocycles. The summed E-state index contributed by atoms with van der Waals surface area (Å²) in [6.45, 7) is 2.04. The van der Waals surface area contributed by atoms with E-state index in [-0.39, 0.29) is 11.4 Å². The van der Waals surface area contributed by atoms with Gasteiger partial charge in [-0.15, -0.1) is 0 Å². The van der Waals surface area contributed by atoms with Crippen molar-refractivity contribution in [3.8, 4) is 29.3 Å². The first kappa shape index (κ1) is 14.6. The van der Waals surface area contributed by atoms with Gasteiger partial charge in [0.05, 0.1) is 5.56 Å². The highest BCUT2D eigenvalue weighted by Gasteiger charge is 2.12. The van der Waals surface area contributed by atoms with Crippen LogP contribution in [0.2, 0.25) is 0 Å². The Kier molecular flexibility index (Phi) is 4.58. The number of halogens is 2. The second-order valence-corrected chi connectivity index (χ2v) is 4.34. The zero-order valence-corrected chi connectivity index (χ0v) is 11.3. The topological polar surface area (TPSA) is 49.6 Å². The summed E-state index contributed by atoms with van der Waals surface area (Å²) in [5.41, 5.74) is 0.775. The third-order valence-electron chi connectivity index (χ3n) is 2.79. The van der Waals surface area contributed by atoms with Gasteiger partial charge in [-0.1, -0.05) is 13.3 Å². The summed E-state index contributed by atoms with van der Waals surface area (Å²) < 4.78 is 27.6. The van der Waals surface area contributed by atoms with Gasteiger partial charge in [-0.25, -0.2) is 18.7 Å². The van der Waals surface area contributed by atoms with Crippen molar-refractivity contribution >= 4 is 0 Å². The lowest BCUT2D eigenvalue weighted by Crippen LogP contribution is -1.96. The standard InChI is InChI=1S/C16H11F2N3/c1-2-4-11-9-20-16(21-10-11)12-7-14(17)13(5-3-6-19)15(18)8-12/h7-10H,2,4H2,1H3. The summed E-state index contributed by atoms with van der Waals surface area (Å²) in [6, 6.07) is 3.74. The molecule has 0 N–H and O–H groups in total. The van der Waals surface area contributed by atoms with Crippen LogP contribution in [0.1, 0.15) is 24.5 Å². The Morgan fingerprint density at radius 1 is 1.14 bits per heavy atom. The van der Waals surface area contributed by atoms with Crippen LogP contribution in [0.5, 0.6) is 0 Å². The van der Waals surface area contributed by atoms with Crippen molar-refractivity contribution in [2.45, 2.75) is 19.8 Å². The SMILES string of the molecule is CCCc1cnc(-c2cc(F)c(C#CC#N)c(F)c2)nc1. The maximum Gasteiger partial charge on any atom is 0.159 e. The Labute approximate surface area is 121 Å². The number of aromatic nitrogens is 2. The molecule has 0 aliphatic carbocycles. The largest absolute Gasteiger partial charge is 0.236 e. The van der Waals surface area contributed by atoms with Gasteiger partial charge in [0, 0.05) is 23.9 Å². The van der Waals surface area contributed by atoms with Gasteiger partial charge in [0.15, 0.2) is 11.9 Å². The molecule has 0 saturated heterocycles. The van der Waals surface area contributed by atoms with Crippen LogP contribution in [0.15, 0.2) is 24.5 Å². The van der Waals surface area contributed by atoms with Crippen LogP contribution < -0.4 is 0 Å². The smallest absolute Gasteiger partial charge is 0.159 e. The van der Waals surface area contributed by atoms with Crippen LogP contribution in [-0.2, 0) is 6.42 Å². The minimum atomic E-state index is -0.839. The van der Waals surface area contributed by atoms with Crippen molar-refractivity contribution in [1.82, 2.24) is 9.97 Å². The first-order valence-corrected chi connectivity index (χ1v) is 6.36. The van der Waals surface area contributed by atoms with Crippen molar-refractivity contribution in [3.63, 3.8) is 0 Å². The summed E-state index contributed by atoms with van der Waals surface area (Å²) in [6.07, 6.45) is 5.11. The van der Waals surface area contributed by atoms with E-state index in [4.69, 9.17) is 5.26 Å². The van der Waals surface area contributed by atoms with Gasteiger partial charge in [0.2, 0.25) is 0 Å². The number of aryl methyl sites for hydroxylation is 1. The Bertz CT molecular complexity index is 727. The van der Waals surface area contributed by atoms with E-state index in [1.165, 1.54) is 6.07 Å². The second kappa shape index (κ2) is 6.58. The van der Waals surface area contributed by atoms with Gasteiger partial charge in [-0.2, -0.15) is 5.26 Å². The molecule has 21 heavy (non-hydrogen) atoms. The summed E-state index contributed by atoms with van der Waals surface area (Å²) in [5.74, 6) is 2.67. The summed E-state index contributed by atoms with van der Waals surface area (Å²) in [7, 11) is 0. The van der Waals surface area contributed by atoms with E-state index in [0.717, 1.165) is 30.5 Å². The molecule has 0 radical (unpaired) electrons. The predicted molar refractivity (Wildman–Crippen MR) is 73.9 cm³/mol. The average Bonchev–Trinajstić information content (AvgIpc) is 2.47. The van der Waals surface area contributed by atoms with Crippen LogP contribution in [0.4, 0.5) is 8.78 Å². The molecule has 0 saturated carbocycles. The van der Waals surface area contributed by atoms with Crippen LogP contribution in [0.25, 0.3) is 11.4 Å². The molecule has 0 aliphatic heterocycles. The third kappa shape index (κ3) is 3.40. The minimum absolute atomic E-state index is 0.232. The van der Waals surface area contributed by atoms with Gasteiger partial charge < -0.3 is 0 Å². The molecular formula is C16H11F2N3. The summed E-state index contributed by atoms with van der Waals surface area (Å²) in [4.78, 5) is 8.22. The number of hydrogen-bond donors (Lipinski definition) is 0. The molecule has 0 unspecified atom stereocenters. The van der Waals surface area contributed by atoms with E-state index >= 15 is 0 Å². The Morgan fingerprint density at radius 2 is 1.76 bits per heavy atom. The fourth-order valence-electron chi connectivity index (χ4n) is 1.83. The first-order chi connectivity index (χ1) is 10.2. The van der Waals surface area contributed by atoms with Gasteiger partial charge in [-0.05, 0) is 30.0 Å². The van der Waals surface area contributed by atoms with Crippen molar-refractivity contribution in [2.24, 2.45) is 0 Å². The zero-order valence-electron chi connectivity index (χ0n) is 11.3. The van der Waals surface area contributed by atoms with E-state index in [2.05, 4.69) is 15.9 Å². The van der Waals surface area contributed by atoms with Crippen molar-refractivity contribution < 1.29 is 8.78 Å². The molecule has 2 aromatic rings. The van der Waals surface area contributed by atoms with Crippen LogP contribution in [-0.4, -0.2) is 9.97 Å². The lowest BCUT2D eigenvalue weighted by atomic mass is 10.1. The van der Waals surface area contributed by atoms with Crippen molar-refractivity contribution in [1.29, 1.82) is 5.26 Å². The highest BCUT2D eigenvalue weighted by molar-refractivity contribution is 5.58. The predicted octanol–water partition coefficient (Wildman–Crippen LogP) is 3.25. The molecule has 1 aromatic carbocycles. The number of nitriles is 1. The number of nitrogens with zero attached hydrogens (tertiary/aromatic N) is 3. The second-order valence-electron chi connectivity index (χ2n) is 4.34. The Morgan fingerprint density at radius 3 is 2.29 bits per heavy atom. The zero-order chi connectivity index (χ0) is 15.2. The molecule has 3 nitrogen and oxygen atoms in total. The Balaban J connectivity index is 2.39. The molecule has 2 rings (SSSR count). The molecule has 5 heteroatoms. The van der Waals surface area contributed by atoms with Crippen molar-refractivity contribution in [2.75, 3.05) is 0 Å². The third-order valence-corrected chi connectivity index (χ3v) is 2.79. The van der Waals surface area contributed by atoms with E-state index in [0.29, 0.717) is 0 Å². The van der Waals surface area contributed by atoms with Crippen LogP contribution in [0, 0.1) is 34.8 Å². The first-order valence-electron chi connectivity index (χ1n) is 6.36. The quantitative estimate of drug-likeness (QED) is 0.812. The van der Waals surface area contributed by atoms with Crippen LogP contribution in [0.3, 0.4) is 0 Å². The fourth-order valence-corrected chi connectivity index (χ4v) is 1.83. The molecule has 0 spiro atoms. The highest BCUT2D eigenvalue weighted by atomic mass is 19.1. The Hall–Kier alpha value is -2.79. The molecule has 104 valence electrons. The van der Waals surface area contributed by atoms with E-state index < -0.39 is 17.2 Å². The lowest BCUT2D eigenvalue weighted by molar-refractivity contribution is 0.578. The molecule has 0 amide bonds. The van der Waals surface area contributed by atoms with E-state index in [1.807, 2.05) is 12.8 Å². The molecule has 1 heterocycles. The minimum Gasteiger partial charge on any atom is -0.236 e. The molecule has 0 atom stereocenters. The highest BCUT2D eigenvalue weighted by Crippen LogP contribution is 2.21. The number of hydrogen-bond acceptors (Lipinski definition) is 3. The molecule has 0 bridgehead atoms. The van der Waals surface area contributed by atoms with Crippen LogP contribution >= 0.6 is 0 Å². The normalized spacial score (nSPS) is 9.62. The maximum absolute atomic E-state index is 13.8. The van der Waals surface area contributed by atoms with E-state index in [1.54, 1.807) is 12.4 Å². The van der Waals surface area contributed by atoms with Gasteiger partial charge in [-0.3, -0.25) is 0 Å². The maximum atomic E-state index is 13.8. The molecule has 0 fully saturated rings. The summed E-state index contributed by atoms with van der Waals surface area (Å²) in [5, 5.41) is 8.32. The number of benzene rings is 1. The lowest BCUT2D eigenvalue weighted by Gasteiger charge is -2.04. The monoisotopic (exact) mass is 283 g/mol. The summed E-state index contributed by atoms with van der Waals surface area (Å²) >= 11 is 0. The van der Waals surface area contributed by atoms with Gasteiger partial charge >= 0.3 is 0 Å². The number of rotatable bonds is 3. The fraction of sp³-hybridized carbons (Fsp3) is 0.188. The molecule has 0 aliphatic rings.